The van der Waals surface area contributed by atoms with Crippen LogP contribution in [0.1, 0.15) is 31.7 Å². The molecule has 0 radical (unpaired) electrons. The van der Waals surface area contributed by atoms with Crippen molar-refractivity contribution in [2.24, 2.45) is 5.92 Å². The van der Waals surface area contributed by atoms with Crippen LogP contribution in [0.3, 0.4) is 0 Å². The largest absolute Gasteiger partial charge is 0.394 e. The standard InChI is InChI=1S/C21H19ClF4N2O/c22-14-3-1-13(2-4-14)20-27-17-9-15(23)16(24)10-18(17)28(20)19(11-29)12-5-7-21(25,26)8-6-12/h1-4,9-10,12,19,29H,5-8,11H2. The lowest BCUT2D eigenvalue weighted by molar-refractivity contribution is -0.0537. The van der Waals surface area contributed by atoms with Crippen LogP contribution in [0, 0.1) is 17.6 Å². The number of aliphatic hydroxyl groups excluding tert-OH is 1. The number of nitrogens with zero attached hydrogens (tertiary/aromatic N) is 2. The van der Waals surface area contributed by atoms with Crippen molar-refractivity contribution in [3.05, 3.63) is 53.1 Å². The van der Waals surface area contributed by atoms with Crippen LogP contribution < -0.4 is 0 Å². The topological polar surface area (TPSA) is 38.0 Å². The monoisotopic (exact) mass is 426 g/mol. The van der Waals surface area contributed by atoms with E-state index in [2.05, 4.69) is 4.98 Å². The summed E-state index contributed by atoms with van der Waals surface area (Å²) in [5.74, 6) is -4.60. The summed E-state index contributed by atoms with van der Waals surface area (Å²) < 4.78 is 56.7. The Bertz CT molecular complexity index is 1030. The van der Waals surface area contributed by atoms with Gasteiger partial charge in [0, 0.05) is 35.6 Å². The fourth-order valence-corrected chi connectivity index (χ4v) is 4.24. The van der Waals surface area contributed by atoms with Crippen LogP contribution in [0.5, 0.6) is 0 Å². The second-order valence-electron chi connectivity index (χ2n) is 7.51. The summed E-state index contributed by atoms with van der Waals surface area (Å²) in [6, 6.07) is 8.22. The van der Waals surface area contributed by atoms with E-state index in [1.165, 1.54) is 0 Å². The number of halogens is 5. The van der Waals surface area contributed by atoms with Crippen LogP contribution in [-0.4, -0.2) is 27.2 Å². The Labute approximate surface area is 169 Å². The molecule has 0 saturated heterocycles. The number of alkyl halides is 2. The Hall–Kier alpha value is -2.12. The molecule has 154 valence electrons. The zero-order chi connectivity index (χ0) is 20.8. The Kier molecular flexibility index (Phi) is 5.29. The van der Waals surface area contributed by atoms with E-state index < -0.39 is 23.6 Å². The van der Waals surface area contributed by atoms with Gasteiger partial charge in [-0.25, -0.2) is 22.5 Å². The minimum absolute atomic E-state index is 0.224. The predicted octanol–water partition coefficient (Wildman–Crippen LogP) is 5.99. The predicted molar refractivity (Wildman–Crippen MR) is 103 cm³/mol. The molecule has 3 nitrogen and oxygen atoms in total. The van der Waals surface area contributed by atoms with E-state index in [0.29, 0.717) is 21.9 Å². The molecule has 0 amide bonds. The van der Waals surface area contributed by atoms with Crippen molar-refractivity contribution in [3.8, 4) is 11.4 Å². The summed E-state index contributed by atoms with van der Waals surface area (Å²) in [5, 5.41) is 10.7. The van der Waals surface area contributed by atoms with Gasteiger partial charge in [-0.15, -0.1) is 0 Å². The zero-order valence-electron chi connectivity index (χ0n) is 15.4. The molecule has 0 bridgehead atoms. The van der Waals surface area contributed by atoms with Crippen LogP contribution in [0.2, 0.25) is 5.02 Å². The third kappa shape index (κ3) is 3.85. The molecule has 29 heavy (non-hydrogen) atoms. The molecule has 3 aromatic rings. The molecule has 1 fully saturated rings. The second-order valence-corrected chi connectivity index (χ2v) is 7.95. The molecular weight excluding hydrogens is 408 g/mol. The lowest BCUT2D eigenvalue weighted by Crippen LogP contribution is -2.31. The van der Waals surface area contributed by atoms with Crippen LogP contribution in [-0.2, 0) is 0 Å². The van der Waals surface area contributed by atoms with Crippen molar-refractivity contribution >= 4 is 22.6 Å². The number of hydrogen-bond acceptors (Lipinski definition) is 2. The maximum Gasteiger partial charge on any atom is 0.248 e. The van der Waals surface area contributed by atoms with E-state index in [4.69, 9.17) is 11.6 Å². The molecule has 1 aromatic heterocycles. The van der Waals surface area contributed by atoms with Gasteiger partial charge in [-0.1, -0.05) is 11.6 Å². The Morgan fingerprint density at radius 3 is 2.34 bits per heavy atom. The van der Waals surface area contributed by atoms with E-state index in [1.54, 1.807) is 28.8 Å². The summed E-state index contributed by atoms with van der Waals surface area (Å²) in [7, 11) is 0. The van der Waals surface area contributed by atoms with E-state index in [9.17, 15) is 22.7 Å². The van der Waals surface area contributed by atoms with E-state index >= 15 is 0 Å². The molecule has 8 heteroatoms. The fraction of sp³-hybridized carbons (Fsp3) is 0.381. The smallest absolute Gasteiger partial charge is 0.248 e. The molecule has 1 aliphatic carbocycles. The third-order valence-electron chi connectivity index (χ3n) is 5.66. The van der Waals surface area contributed by atoms with Gasteiger partial charge in [0.25, 0.3) is 0 Å². The first-order valence-electron chi connectivity index (χ1n) is 9.41. The highest BCUT2D eigenvalue weighted by molar-refractivity contribution is 6.30. The first kappa shape index (κ1) is 20.2. The third-order valence-corrected chi connectivity index (χ3v) is 5.91. The molecule has 1 unspecified atom stereocenters. The molecule has 0 spiro atoms. The SMILES string of the molecule is OCC(C1CCC(F)(F)CC1)n1c(-c2ccc(Cl)cc2)nc2cc(F)c(F)cc21. The van der Waals surface area contributed by atoms with Crippen LogP contribution in [0.15, 0.2) is 36.4 Å². The van der Waals surface area contributed by atoms with Gasteiger partial charge < -0.3 is 9.67 Å². The van der Waals surface area contributed by atoms with Crippen molar-refractivity contribution in [2.45, 2.75) is 37.6 Å². The highest BCUT2D eigenvalue weighted by Gasteiger charge is 2.39. The summed E-state index contributed by atoms with van der Waals surface area (Å²) in [6.07, 6.45) is -0.0800. The van der Waals surface area contributed by atoms with Gasteiger partial charge in [0.05, 0.1) is 23.7 Å². The first-order valence-corrected chi connectivity index (χ1v) is 9.78. The summed E-state index contributed by atoms with van der Waals surface area (Å²) in [4.78, 5) is 4.46. The number of fused-ring (bicyclic) bond motifs is 1. The van der Waals surface area contributed by atoms with E-state index in [0.717, 1.165) is 12.1 Å². The Morgan fingerprint density at radius 2 is 1.72 bits per heavy atom. The molecule has 1 aliphatic rings. The summed E-state index contributed by atoms with van der Waals surface area (Å²) >= 11 is 5.96. The number of aromatic nitrogens is 2. The molecular formula is C21H19ClF4N2O. The van der Waals surface area contributed by atoms with Crippen LogP contribution in [0.4, 0.5) is 17.6 Å². The number of aliphatic hydroxyl groups is 1. The molecule has 1 heterocycles. The average molecular weight is 427 g/mol. The Morgan fingerprint density at radius 1 is 1.10 bits per heavy atom. The quantitative estimate of drug-likeness (QED) is 0.520. The maximum absolute atomic E-state index is 14.0. The zero-order valence-corrected chi connectivity index (χ0v) is 16.1. The molecule has 2 aromatic carbocycles. The first-order chi connectivity index (χ1) is 13.8. The van der Waals surface area contributed by atoms with Crippen LogP contribution >= 0.6 is 11.6 Å². The fourth-order valence-electron chi connectivity index (χ4n) is 4.12. The molecule has 4 rings (SSSR count). The van der Waals surface area contributed by atoms with Gasteiger partial charge in [0.15, 0.2) is 11.6 Å². The van der Waals surface area contributed by atoms with Crippen molar-refractivity contribution in [1.29, 1.82) is 0 Å². The van der Waals surface area contributed by atoms with Crippen molar-refractivity contribution in [1.82, 2.24) is 9.55 Å². The van der Waals surface area contributed by atoms with Gasteiger partial charge in [-0.05, 0) is 43.0 Å². The number of benzene rings is 2. The minimum atomic E-state index is -2.71. The minimum Gasteiger partial charge on any atom is -0.394 e. The lowest BCUT2D eigenvalue weighted by Gasteiger charge is -2.34. The highest BCUT2D eigenvalue weighted by atomic mass is 35.5. The maximum atomic E-state index is 14.0. The van der Waals surface area contributed by atoms with Crippen molar-refractivity contribution in [2.75, 3.05) is 6.61 Å². The second kappa shape index (κ2) is 7.61. The Balaban J connectivity index is 1.87. The van der Waals surface area contributed by atoms with Gasteiger partial charge in [-0.2, -0.15) is 0 Å². The molecule has 1 saturated carbocycles. The lowest BCUT2D eigenvalue weighted by atomic mass is 9.82. The number of hydrogen-bond donors (Lipinski definition) is 1. The van der Waals surface area contributed by atoms with E-state index in [-0.39, 0.29) is 43.7 Å². The number of rotatable bonds is 4. The molecule has 0 aliphatic heterocycles. The normalized spacial score (nSPS) is 18.3. The van der Waals surface area contributed by atoms with Crippen LogP contribution in [0.25, 0.3) is 22.4 Å². The molecule has 1 atom stereocenters. The summed E-state index contributed by atoms with van der Waals surface area (Å²) in [6.45, 7) is -0.332. The molecule has 1 N–H and O–H groups in total. The number of imidazole rings is 1. The van der Waals surface area contributed by atoms with Gasteiger partial charge in [0.2, 0.25) is 5.92 Å². The summed E-state index contributed by atoms with van der Waals surface area (Å²) in [5.41, 5.74) is 1.18. The van der Waals surface area contributed by atoms with Crippen molar-refractivity contribution < 1.29 is 22.7 Å². The van der Waals surface area contributed by atoms with E-state index in [1.807, 2.05) is 0 Å². The van der Waals surface area contributed by atoms with Gasteiger partial charge in [0.1, 0.15) is 5.82 Å². The average Bonchev–Trinajstić information content (AvgIpc) is 3.03. The van der Waals surface area contributed by atoms with Gasteiger partial charge >= 0.3 is 0 Å². The van der Waals surface area contributed by atoms with Crippen molar-refractivity contribution in [3.63, 3.8) is 0 Å². The van der Waals surface area contributed by atoms with Gasteiger partial charge in [-0.3, -0.25) is 0 Å². The highest BCUT2D eigenvalue weighted by Crippen LogP contribution is 2.43.